The lowest BCUT2D eigenvalue weighted by Gasteiger charge is -2.22. The third-order valence-corrected chi connectivity index (χ3v) is 8.49. The summed E-state index contributed by atoms with van der Waals surface area (Å²) >= 11 is 0. The maximum Gasteiger partial charge on any atom is 0.270 e. The zero-order chi connectivity index (χ0) is 30.5. The number of hydrogen-bond donors (Lipinski definition) is 4. The summed E-state index contributed by atoms with van der Waals surface area (Å²) in [6, 6.07) is 10.9. The van der Waals surface area contributed by atoms with Crippen LogP contribution in [-0.2, 0) is 19.4 Å². The summed E-state index contributed by atoms with van der Waals surface area (Å²) in [5, 5.41) is 12.7. The van der Waals surface area contributed by atoms with Crippen LogP contribution in [0.2, 0.25) is 0 Å². The Hall–Kier alpha value is -5.72. The highest BCUT2D eigenvalue weighted by Crippen LogP contribution is 2.37. The van der Waals surface area contributed by atoms with Crippen molar-refractivity contribution in [3.63, 3.8) is 0 Å². The zero-order valence-electron chi connectivity index (χ0n) is 23.7. The Bertz CT molecular complexity index is 2030. The van der Waals surface area contributed by atoms with Gasteiger partial charge in [-0.25, -0.2) is 15.0 Å². The van der Waals surface area contributed by atoms with E-state index in [0.717, 1.165) is 46.3 Å². The van der Waals surface area contributed by atoms with Gasteiger partial charge in [-0.05, 0) is 60.1 Å². The molecule has 13 nitrogen and oxygen atoms in total. The maximum atomic E-state index is 13.2. The van der Waals surface area contributed by atoms with E-state index in [1.165, 1.54) is 24.3 Å². The molecule has 0 fully saturated rings. The van der Waals surface area contributed by atoms with Gasteiger partial charge >= 0.3 is 0 Å². The summed E-state index contributed by atoms with van der Waals surface area (Å²) < 4.78 is 0. The number of benzene rings is 2. The van der Waals surface area contributed by atoms with E-state index in [9.17, 15) is 19.2 Å². The lowest BCUT2D eigenvalue weighted by atomic mass is 9.97. The normalized spacial score (nSPS) is 15.3. The number of nitrogens with two attached hydrogens (primary N) is 1. The van der Waals surface area contributed by atoms with Crippen LogP contribution in [0.15, 0.2) is 58.6 Å². The molecule has 7 rings (SSSR count). The van der Waals surface area contributed by atoms with Gasteiger partial charge in [0.05, 0.1) is 6.04 Å². The van der Waals surface area contributed by atoms with Gasteiger partial charge < -0.3 is 21.3 Å². The van der Waals surface area contributed by atoms with Crippen LogP contribution in [-0.4, -0.2) is 43.5 Å². The van der Waals surface area contributed by atoms with Crippen LogP contribution in [0.5, 0.6) is 0 Å². The predicted molar refractivity (Wildman–Crippen MR) is 161 cm³/mol. The van der Waals surface area contributed by atoms with Crippen LogP contribution in [0.3, 0.4) is 0 Å². The number of aromatic nitrogens is 5. The molecule has 3 aromatic carbocycles. The van der Waals surface area contributed by atoms with Crippen LogP contribution in [0.1, 0.15) is 61.3 Å². The number of hydrogen-bond acceptors (Lipinski definition) is 10. The van der Waals surface area contributed by atoms with E-state index in [2.05, 4.69) is 35.8 Å². The Morgan fingerprint density at radius 2 is 1.82 bits per heavy atom. The van der Waals surface area contributed by atoms with Crippen molar-refractivity contribution < 1.29 is 9.59 Å². The van der Waals surface area contributed by atoms with Crippen LogP contribution in [0.25, 0.3) is 11.4 Å². The van der Waals surface area contributed by atoms with E-state index in [1.54, 1.807) is 4.90 Å². The Morgan fingerprint density at radius 3 is 2.59 bits per heavy atom. The number of fused-ring (bicyclic) bond motifs is 2. The molecule has 5 aromatic rings. The molecule has 44 heavy (non-hydrogen) atoms. The van der Waals surface area contributed by atoms with Crippen molar-refractivity contribution in [2.45, 2.75) is 38.8 Å². The lowest BCUT2D eigenvalue weighted by molar-refractivity contribution is 0.0931. The number of carbonyl (C=O) groups is 2. The summed E-state index contributed by atoms with van der Waals surface area (Å²) in [5.74, 6) is -0.159. The van der Waals surface area contributed by atoms with Gasteiger partial charge in [-0.3, -0.25) is 24.3 Å². The fourth-order valence-electron chi connectivity index (χ4n) is 6.16. The molecule has 220 valence electrons. The van der Waals surface area contributed by atoms with Gasteiger partial charge in [0, 0.05) is 30.4 Å². The molecule has 0 saturated carbocycles. The number of anilines is 3. The van der Waals surface area contributed by atoms with E-state index in [4.69, 9.17) is 5.73 Å². The number of nitrogens with one attached hydrogen (secondary N) is 3. The molecule has 0 radical (unpaired) electrons. The van der Waals surface area contributed by atoms with Gasteiger partial charge in [0.15, 0.2) is 5.82 Å². The summed E-state index contributed by atoms with van der Waals surface area (Å²) in [7, 11) is 0. The standard InChI is InChI=1S/C31H27N9O4/c1-15-18-6-7-21(20(18)5-4-19(15)29-36-14-37-39-29)38-31(44)23-11-22(34-13-35-23)30(43)33-12-16-2-3-17-8-9-40(24(17)10-16)26-25(32)27(41)28(26)42/h2-5,10-11,13-14,21H,6-9,12,32H2,1H3,(H,33,43)(H,38,44)(H,36,37,39)/t21-/m0/s1. The van der Waals surface area contributed by atoms with Crippen molar-refractivity contribution >= 4 is 28.9 Å². The second-order valence-electron chi connectivity index (χ2n) is 11.0. The average Bonchev–Trinajstić information content (AvgIpc) is 3.81. The summed E-state index contributed by atoms with van der Waals surface area (Å²) in [4.78, 5) is 64.1. The highest BCUT2D eigenvalue weighted by Gasteiger charge is 2.30. The monoisotopic (exact) mass is 589 g/mol. The number of aromatic amines is 1. The van der Waals surface area contributed by atoms with Crippen molar-refractivity contribution in [3.8, 4) is 11.4 Å². The summed E-state index contributed by atoms with van der Waals surface area (Å²) in [6.07, 6.45) is 4.93. The number of nitrogen functional groups attached to an aromatic ring is 1. The van der Waals surface area contributed by atoms with Gasteiger partial charge in [0.1, 0.15) is 35.4 Å². The Kier molecular flexibility index (Phi) is 6.49. The molecule has 1 atom stereocenters. The van der Waals surface area contributed by atoms with Crippen LogP contribution < -0.4 is 32.1 Å². The van der Waals surface area contributed by atoms with Gasteiger partial charge in [0.2, 0.25) is 0 Å². The van der Waals surface area contributed by atoms with E-state index < -0.39 is 22.7 Å². The third kappa shape index (κ3) is 4.49. The molecular weight excluding hydrogens is 562 g/mol. The summed E-state index contributed by atoms with van der Waals surface area (Å²) in [6.45, 7) is 2.77. The molecule has 0 unspecified atom stereocenters. The number of H-pyrrole nitrogens is 1. The van der Waals surface area contributed by atoms with Gasteiger partial charge in [-0.15, -0.1) is 0 Å². The first-order chi connectivity index (χ1) is 21.3. The molecule has 13 heteroatoms. The van der Waals surface area contributed by atoms with Crippen molar-refractivity contribution in [2.24, 2.45) is 0 Å². The topological polar surface area (TPSA) is 189 Å². The number of nitrogens with zero attached hydrogens (tertiary/aromatic N) is 5. The minimum Gasteiger partial charge on any atom is -0.394 e. The number of amides is 2. The van der Waals surface area contributed by atoms with Crippen molar-refractivity contribution in [1.29, 1.82) is 0 Å². The average molecular weight is 590 g/mol. The van der Waals surface area contributed by atoms with Gasteiger partial charge in [-0.1, -0.05) is 24.3 Å². The van der Waals surface area contributed by atoms with Crippen molar-refractivity contribution in [2.75, 3.05) is 17.2 Å². The zero-order valence-corrected chi connectivity index (χ0v) is 23.7. The first-order valence-corrected chi connectivity index (χ1v) is 14.2. The van der Waals surface area contributed by atoms with E-state index >= 15 is 0 Å². The number of rotatable bonds is 7. The second kappa shape index (κ2) is 10.5. The smallest absolute Gasteiger partial charge is 0.270 e. The van der Waals surface area contributed by atoms with Crippen LogP contribution in [0.4, 0.5) is 17.1 Å². The largest absolute Gasteiger partial charge is 0.394 e. The fourth-order valence-corrected chi connectivity index (χ4v) is 6.16. The van der Waals surface area contributed by atoms with Crippen molar-refractivity contribution in [1.82, 2.24) is 35.8 Å². The van der Waals surface area contributed by atoms with E-state index in [-0.39, 0.29) is 35.3 Å². The molecule has 3 heterocycles. The molecule has 2 amide bonds. The highest BCUT2D eigenvalue weighted by molar-refractivity contribution is 5.97. The molecule has 0 spiro atoms. The third-order valence-electron chi connectivity index (χ3n) is 8.49. The molecule has 1 aliphatic heterocycles. The predicted octanol–water partition coefficient (Wildman–Crippen LogP) is 1.79. The molecule has 0 saturated heterocycles. The minimum absolute atomic E-state index is 0.0191. The van der Waals surface area contributed by atoms with Crippen LogP contribution >= 0.6 is 0 Å². The number of carbonyl (C=O) groups excluding carboxylic acids is 2. The Labute approximate surface area is 250 Å². The fraction of sp³-hybridized carbons (Fsp3) is 0.226. The first kappa shape index (κ1) is 27.1. The maximum absolute atomic E-state index is 13.2. The molecular formula is C31H27N9O4. The minimum atomic E-state index is -0.657. The molecule has 5 N–H and O–H groups in total. The second-order valence-corrected chi connectivity index (χ2v) is 11.0. The lowest BCUT2D eigenvalue weighted by Crippen LogP contribution is -2.40. The quantitative estimate of drug-likeness (QED) is 0.204. The molecule has 2 aromatic heterocycles. The summed E-state index contributed by atoms with van der Waals surface area (Å²) in [5.41, 5.74) is 11.8. The molecule has 2 aliphatic rings. The Balaban J connectivity index is 1.02. The van der Waals surface area contributed by atoms with E-state index in [1.807, 2.05) is 37.3 Å². The van der Waals surface area contributed by atoms with Crippen LogP contribution in [0, 0.1) is 6.92 Å². The van der Waals surface area contributed by atoms with E-state index in [0.29, 0.717) is 18.8 Å². The van der Waals surface area contributed by atoms with Gasteiger partial charge in [-0.2, -0.15) is 5.10 Å². The first-order valence-electron chi connectivity index (χ1n) is 14.2. The SMILES string of the molecule is Cc1c(-c2ncn[nH]2)ccc2c1CC[C@@H]2NC(=O)c1cc(C(=O)NCc2ccc3c(c2)N(c2c(N)c(=O)c2=O)CC3)ncn1. The van der Waals surface area contributed by atoms with Gasteiger partial charge in [0.25, 0.3) is 22.7 Å². The molecule has 1 aliphatic carbocycles. The Morgan fingerprint density at radius 1 is 1.00 bits per heavy atom. The van der Waals surface area contributed by atoms with Crippen molar-refractivity contribution in [3.05, 3.63) is 109 Å². The highest BCUT2D eigenvalue weighted by atomic mass is 16.2. The molecule has 0 bridgehead atoms.